The Bertz CT molecular complexity index is 1880. The summed E-state index contributed by atoms with van der Waals surface area (Å²) >= 11 is 0. The van der Waals surface area contributed by atoms with E-state index in [0.29, 0.717) is 17.9 Å². The second-order valence-electron chi connectivity index (χ2n) is 13.3. The van der Waals surface area contributed by atoms with E-state index in [-0.39, 0.29) is 23.9 Å². The molecular formula is C39H39F3N4O4Si. The summed E-state index contributed by atoms with van der Waals surface area (Å²) in [6, 6.07) is 34.7. The van der Waals surface area contributed by atoms with Crippen LogP contribution in [0.25, 0.3) is 11.3 Å². The molecule has 0 N–H and O–H groups in total. The predicted octanol–water partition coefficient (Wildman–Crippen LogP) is 7.21. The van der Waals surface area contributed by atoms with Crippen LogP contribution in [0.3, 0.4) is 0 Å². The monoisotopic (exact) mass is 712 g/mol. The van der Waals surface area contributed by atoms with Gasteiger partial charge in [0.25, 0.3) is 8.32 Å². The van der Waals surface area contributed by atoms with E-state index in [9.17, 15) is 18.0 Å². The molecule has 51 heavy (non-hydrogen) atoms. The van der Waals surface area contributed by atoms with E-state index in [0.717, 1.165) is 20.7 Å². The van der Waals surface area contributed by atoms with Gasteiger partial charge in [-0.1, -0.05) is 129 Å². The second-order valence-corrected chi connectivity index (χ2v) is 17.6. The van der Waals surface area contributed by atoms with Crippen LogP contribution in [0.5, 0.6) is 5.75 Å². The lowest BCUT2D eigenvalue weighted by molar-refractivity contribution is -0.274. The fraction of sp³-hybridized carbons (Fsp3) is 0.256. The minimum Gasteiger partial charge on any atom is -0.406 e. The van der Waals surface area contributed by atoms with Gasteiger partial charge in [-0.05, 0) is 45.2 Å². The number of alkyl halides is 3. The standard InChI is InChI=1S/C39H39F3N4O4Si/c1-38(2,3)51(34-15-9-5-10-16-34,35-17-11-6-12-18-35)50-33-24-21-31(28-48-27-29-13-7-4-8-14-29)45(26-33)37(47)46-43-25-36(44-46)30-19-22-32(23-20-30)49-39(40,41)42/h4-25,31,33H,26-28H2,1-3H3/t31-,33-/m1/s1. The van der Waals surface area contributed by atoms with Crippen molar-refractivity contribution in [2.75, 3.05) is 13.2 Å². The quantitative estimate of drug-likeness (QED) is 0.113. The van der Waals surface area contributed by atoms with Crippen molar-refractivity contribution in [2.24, 2.45) is 0 Å². The van der Waals surface area contributed by atoms with Crippen molar-refractivity contribution < 1.29 is 31.9 Å². The highest BCUT2D eigenvalue weighted by molar-refractivity contribution is 6.99. The molecule has 0 saturated heterocycles. The number of halogens is 3. The topological polar surface area (TPSA) is 78.7 Å². The van der Waals surface area contributed by atoms with Gasteiger partial charge in [-0.25, -0.2) is 4.79 Å². The Morgan fingerprint density at radius 2 is 1.41 bits per heavy atom. The minimum absolute atomic E-state index is 0.208. The first kappa shape index (κ1) is 35.8. The molecule has 0 saturated carbocycles. The average molecular weight is 713 g/mol. The van der Waals surface area contributed by atoms with Gasteiger partial charge in [0.05, 0.1) is 38.1 Å². The predicted molar refractivity (Wildman–Crippen MR) is 191 cm³/mol. The number of amides is 1. The maximum Gasteiger partial charge on any atom is 0.573 e. The van der Waals surface area contributed by atoms with Gasteiger partial charge in [-0.15, -0.1) is 18.3 Å². The summed E-state index contributed by atoms with van der Waals surface area (Å²) in [5.74, 6) is -0.361. The Kier molecular flexibility index (Phi) is 10.6. The third kappa shape index (κ3) is 8.30. The van der Waals surface area contributed by atoms with E-state index < -0.39 is 32.9 Å². The molecule has 0 unspecified atom stereocenters. The molecule has 0 bridgehead atoms. The summed E-state index contributed by atoms with van der Waals surface area (Å²) in [6.07, 6.45) is 0.0846. The van der Waals surface area contributed by atoms with Crippen LogP contribution in [0.15, 0.2) is 134 Å². The summed E-state index contributed by atoms with van der Waals surface area (Å²) in [6.45, 7) is 7.40. The van der Waals surface area contributed by atoms with Crippen LogP contribution in [0.4, 0.5) is 18.0 Å². The molecule has 0 spiro atoms. The lowest BCUT2D eigenvalue weighted by Crippen LogP contribution is -2.68. The zero-order chi connectivity index (χ0) is 36.1. The fourth-order valence-corrected chi connectivity index (χ4v) is 11.0. The summed E-state index contributed by atoms with van der Waals surface area (Å²) in [5.41, 5.74) is 1.79. The lowest BCUT2D eigenvalue weighted by atomic mass is 10.1. The molecule has 1 aromatic heterocycles. The molecule has 1 amide bonds. The zero-order valence-electron chi connectivity index (χ0n) is 28.5. The molecule has 2 atom stereocenters. The first-order chi connectivity index (χ1) is 24.4. The Hall–Kier alpha value is -5.04. The van der Waals surface area contributed by atoms with Crippen LogP contribution in [-0.4, -0.2) is 65.9 Å². The smallest absolute Gasteiger partial charge is 0.406 e. The van der Waals surface area contributed by atoms with Gasteiger partial charge in [0.1, 0.15) is 11.4 Å². The number of aromatic nitrogens is 3. The first-order valence-corrected chi connectivity index (χ1v) is 18.5. The molecule has 12 heteroatoms. The number of benzene rings is 4. The lowest BCUT2D eigenvalue weighted by Gasteiger charge is -2.46. The van der Waals surface area contributed by atoms with Crippen LogP contribution in [0.1, 0.15) is 26.3 Å². The summed E-state index contributed by atoms with van der Waals surface area (Å²) in [7, 11) is -2.97. The van der Waals surface area contributed by atoms with Crippen molar-refractivity contribution in [1.29, 1.82) is 0 Å². The molecule has 0 aliphatic carbocycles. The van der Waals surface area contributed by atoms with Crippen LogP contribution in [-0.2, 0) is 15.8 Å². The normalized spacial score (nSPS) is 16.6. The molecule has 1 aliphatic rings. The van der Waals surface area contributed by atoms with Gasteiger partial charge in [0.15, 0.2) is 0 Å². The van der Waals surface area contributed by atoms with Gasteiger partial charge < -0.3 is 18.8 Å². The van der Waals surface area contributed by atoms with Crippen LogP contribution >= 0.6 is 0 Å². The van der Waals surface area contributed by atoms with Gasteiger partial charge in [0, 0.05) is 5.56 Å². The Morgan fingerprint density at radius 1 is 0.824 bits per heavy atom. The molecule has 2 heterocycles. The van der Waals surface area contributed by atoms with Crippen molar-refractivity contribution in [2.45, 2.75) is 50.9 Å². The molecule has 4 aromatic carbocycles. The molecule has 6 rings (SSSR count). The average Bonchev–Trinajstić information content (AvgIpc) is 3.62. The number of nitrogens with zero attached hydrogens (tertiary/aromatic N) is 4. The summed E-state index contributed by atoms with van der Waals surface area (Å²) < 4.78 is 55.4. The Labute approximate surface area is 296 Å². The van der Waals surface area contributed by atoms with Crippen molar-refractivity contribution in [3.8, 4) is 17.0 Å². The molecule has 0 radical (unpaired) electrons. The molecule has 5 aromatic rings. The van der Waals surface area contributed by atoms with Crippen LogP contribution < -0.4 is 15.1 Å². The van der Waals surface area contributed by atoms with E-state index in [1.807, 2.05) is 78.9 Å². The van der Waals surface area contributed by atoms with E-state index in [1.54, 1.807) is 4.90 Å². The fourth-order valence-electron chi connectivity index (χ4n) is 6.41. The SMILES string of the molecule is CC(C)(C)[Si](O[C@@H]1C=C[C@H](COCc2ccccc2)N(C(=O)n2ncc(-c3ccc(OC(F)(F)F)cc3)n2)C1)(c1ccccc1)c1ccccc1. The third-order valence-electron chi connectivity index (χ3n) is 8.76. The largest absolute Gasteiger partial charge is 0.573 e. The van der Waals surface area contributed by atoms with E-state index in [2.05, 4.69) is 60.0 Å². The van der Waals surface area contributed by atoms with E-state index in [4.69, 9.17) is 9.16 Å². The molecule has 264 valence electrons. The van der Waals surface area contributed by atoms with Gasteiger partial charge in [-0.2, -0.15) is 5.10 Å². The maximum atomic E-state index is 14.2. The van der Waals surface area contributed by atoms with Crippen molar-refractivity contribution >= 4 is 24.7 Å². The number of rotatable bonds is 10. The maximum absolute atomic E-state index is 14.2. The van der Waals surface area contributed by atoms with Crippen molar-refractivity contribution in [3.63, 3.8) is 0 Å². The highest BCUT2D eigenvalue weighted by Gasteiger charge is 2.52. The van der Waals surface area contributed by atoms with Crippen molar-refractivity contribution in [3.05, 3.63) is 139 Å². The number of hydrogen-bond acceptors (Lipinski definition) is 6. The summed E-state index contributed by atoms with van der Waals surface area (Å²) in [5, 5.41) is 10.6. The van der Waals surface area contributed by atoms with E-state index >= 15 is 0 Å². The number of carbonyl (C=O) groups excluding carboxylic acids is 1. The van der Waals surface area contributed by atoms with Gasteiger partial charge >= 0.3 is 12.4 Å². The molecule has 0 fully saturated rings. The summed E-state index contributed by atoms with van der Waals surface area (Å²) in [4.78, 5) is 16.9. The van der Waals surface area contributed by atoms with Gasteiger partial charge in [-0.3, -0.25) is 0 Å². The Balaban J connectivity index is 1.30. The molecule has 8 nitrogen and oxygen atoms in total. The highest BCUT2D eigenvalue weighted by Crippen LogP contribution is 2.38. The second kappa shape index (κ2) is 15.1. The number of ether oxygens (including phenoxy) is 2. The molecular weight excluding hydrogens is 674 g/mol. The van der Waals surface area contributed by atoms with Gasteiger partial charge in [0.2, 0.25) is 0 Å². The number of hydrogen-bond donors (Lipinski definition) is 0. The molecule has 1 aliphatic heterocycles. The van der Waals surface area contributed by atoms with Crippen molar-refractivity contribution in [1.82, 2.24) is 19.9 Å². The minimum atomic E-state index is -4.81. The van der Waals surface area contributed by atoms with Crippen LogP contribution in [0, 0.1) is 0 Å². The zero-order valence-corrected chi connectivity index (χ0v) is 29.5. The number of carbonyl (C=O) groups is 1. The third-order valence-corrected chi connectivity index (χ3v) is 13.8. The van der Waals surface area contributed by atoms with Crippen LogP contribution in [0.2, 0.25) is 5.04 Å². The van der Waals surface area contributed by atoms with E-state index in [1.165, 1.54) is 30.5 Å². The Morgan fingerprint density at radius 3 is 1.98 bits per heavy atom. The first-order valence-electron chi connectivity index (χ1n) is 16.6. The highest BCUT2D eigenvalue weighted by atomic mass is 28.4.